The molecular formula is C17H26O. The number of rotatable bonds is 2. The van der Waals surface area contributed by atoms with Gasteiger partial charge in [0, 0.05) is 5.41 Å². The predicted octanol–water partition coefficient (Wildman–Crippen LogP) is 3.47. The second-order valence-electron chi connectivity index (χ2n) is 8.36. The van der Waals surface area contributed by atoms with Gasteiger partial charge in [-0.25, -0.2) is 0 Å². The number of aliphatic hydroxyl groups is 1. The van der Waals surface area contributed by atoms with Gasteiger partial charge in [-0.15, -0.1) is 0 Å². The second-order valence-corrected chi connectivity index (χ2v) is 8.36. The zero-order valence-corrected chi connectivity index (χ0v) is 11.5. The van der Waals surface area contributed by atoms with Gasteiger partial charge in [0.05, 0.1) is 6.10 Å². The molecule has 18 heavy (non-hydrogen) atoms. The molecule has 7 saturated carbocycles. The summed E-state index contributed by atoms with van der Waals surface area (Å²) >= 11 is 0. The molecule has 1 N–H and O–H groups in total. The first-order chi connectivity index (χ1) is 8.74. The van der Waals surface area contributed by atoms with Gasteiger partial charge < -0.3 is 5.11 Å². The molecule has 8 bridgehead atoms. The average Bonchev–Trinajstić information content (AvgIpc) is 2.42. The molecule has 7 rings (SSSR count). The van der Waals surface area contributed by atoms with Crippen molar-refractivity contribution in [2.24, 2.45) is 46.8 Å². The molecule has 0 aromatic rings. The highest BCUT2D eigenvalue weighted by molar-refractivity contribution is 5.19. The molecule has 0 heterocycles. The lowest BCUT2D eigenvalue weighted by Crippen LogP contribution is -2.70. The maximum absolute atomic E-state index is 10.8. The Morgan fingerprint density at radius 2 is 1.56 bits per heavy atom. The lowest BCUT2D eigenvalue weighted by atomic mass is 9.30. The summed E-state index contributed by atoms with van der Waals surface area (Å²) in [7, 11) is 0. The summed E-state index contributed by atoms with van der Waals surface area (Å²) < 4.78 is 0. The molecule has 5 atom stereocenters. The topological polar surface area (TPSA) is 20.2 Å². The van der Waals surface area contributed by atoms with Crippen molar-refractivity contribution in [2.75, 3.05) is 0 Å². The van der Waals surface area contributed by atoms with Crippen LogP contribution in [0.15, 0.2) is 0 Å². The molecule has 0 spiro atoms. The van der Waals surface area contributed by atoms with Gasteiger partial charge in [-0.2, -0.15) is 0 Å². The van der Waals surface area contributed by atoms with Crippen LogP contribution >= 0.6 is 0 Å². The molecule has 0 radical (unpaired) electrons. The zero-order valence-electron chi connectivity index (χ0n) is 11.5. The van der Waals surface area contributed by atoms with Crippen LogP contribution in [-0.4, -0.2) is 11.2 Å². The molecule has 1 nitrogen and oxygen atoms in total. The van der Waals surface area contributed by atoms with E-state index < -0.39 is 0 Å². The van der Waals surface area contributed by atoms with E-state index in [1.54, 1.807) is 6.42 Å². The second kappa shape index (κ2) is 3.16. The third-order valence-corrected chi connectivity index (χ3v) is 8.15. The van der Waals surface area contributed by atoms with Crippen LogP contribution in [0.5, 0.6) is 0 Å². The number of aliphatic hydroxyl groups excluding tert-OH is 1. The van der Waals surface area contributed by atoms with E-state index in [4.69, 9.17) is 0 Å². The molecule has 0 saturated heterocycles. The Bertz CT molecular complexity index is 365. The van der Waals surface area contributed by atoms with Gasteiger partial charge in [0.1, 0.15) is 0 Å². The van der Waals surface area contributed by atoms with E-state index >= 15 is 0 Å². The number of hydrogen-bond donors (Lipinski definition) is 1. The summed E-state index contributed by atoms with van der Waals surface area (Å²) in [5.41, 5.74) is 0.388. The molecule has 7 aliphatic rings. The van der Waals surface area contributed by atoms with Crippen LogP contribution in [0.4, 0.5) is 0 Å². The van der Waals surface area contributed by atoms with Crippen molar-refractivity contribution in [3.05, 3.63) is 0 Å². The van der Waals surface area contributed by atoms with Crippen LogP contribution in [0.3, 0.4) is 0 Å². The molecule has 1 heteroatoms. The van der Waals surface area contributed by atoms with Crippen LogP contribution < -0.4 is 0 Å². The van der Waals surface area contributed by atoms with Crippen LogP contribution in [-0.2, 0) is 0 Å². The van der Waals surface area contributed by atoms with Gasteiger partial charge in [0.15, 0.2) is 0 Å². The molecule has 0 aromatic heterocycles. The van der Waals surface area contributed by atoms with Crippen molar-refractivity contribution in [3.63, 3.8) is 0 Å². The molecule has 5 unspecified atom stereocenters. The minimum absolute atomic E-state index is 0.0144. The highest BCUT2D eigenvalue weighted by atomic mass is 16.3. The lowest BCUT2D eigenvalue weighted by Gasteiger charge is -2.75. The molecule has 0 aromatic carbocycles. The average molecular weight is 246 g/mol. The van der Waals surface area contributed by atoms with Crippen LogP contribution in [0.25, 0.3) is 0 Å². The van der Waals surface area contributed by atoms with Crippen molar-refractivity contribution in [1.82, 2.24) is 0 Å². The Labute approximate surface area is 110 Å². The van der Waals surface area contributed by atoms with E-state index in [0.29, 0.717) is 5.41 Å². The zero-order chi connectivity index (χ0) is 12.1. The molecule has 7 aliphatic carbocycles. The fourth-order valence-electron chi connectivity index (χ4n) is 8.04. The summed E-state index contributed by atoms with van der Waals surface area (Å²) in [6.45, 7) is 2.21. The van der Waals surface area contributed by atoms with Gasteiger partial charge in [-0.3, -0.25) is 0 Å². The van der Waals surface area contributed by atoms with E-state index in [2.05, 4.69) is 6.92 Å². The Balaban J connectivity index is 1.67. The first-order valence-corrected chi connectivity index (χ1v) is 8.42. The Morgan fingerprint density at radius 1 is 0.944 bits per heavy atom. The summed E-state index contributed by atoms with van der Waals surface area (Å²) in [5, 5.41) is 10.8. The van der Waals surface area contributed by atoms with E-state index in [1.165, 1.54) is 32.1 Å². The Hall–Kier alpha value is -0.0400. The minimum Gasteiger partial charge on any atom is -0.393 e. The molecule has 7 fully saturated rings. The van der Waals surface area contributed by atoms with Crippen molar-refractivity contribution in [1.29, 1.82) is 0 Å². The minimum atomic E-state index is 0.0144. The normalized spacial score (nSPS) is 64.7. The van der Waals surface area contributed by atoms with E-state index in [1.807, 2.05) is 0 Å². The van der Waals surface area contributed by atoms with Gasteiger partial charge in [0.25, 0.3) is 0 Å². The first-order valence-electron chi connectivity index (χ1n) is 8.42. The van der Waals surface area contributed by atoms with Gasteiger partial charge in [-0.05, 0) is 86.4 Å². The standard InChI is InChI=1S/C17H26O/c1-2-16(18)17-8-10-4-12-11-3-9(6-14(12)17)7-15(17)13(11)5-10/h9-16,18H,2-8H2,1H3. The van der Waals surface area contributed by atoms with Crippen LogP contribution in [0.2, 0.25) is 0 Å². The summed E-state index contributed by atoms with van der Waals surface area (Å²) in [4.78, 5) is 0. The van der Waals surface area contributed by atoms with Gasteiger partial charge in [-0.1, -0.05) is 6.92 Å². The van der Waals surface area contributed by atoms with Crippen molar-refractivity contribution >= 4 is 0 Å². The maximum Gasteiger partial charge on any atom is 0.0599 e. The summed E-state index contributed by atoms with van der Waals surface area (Å²) in [5.74, 6) is 7.00. The van der Waals surface area contributed by atoms with Crippen molar-refractivity contribution in [3.8, 4) is 0 Å². The quantitative estimate of drug-likeness (QED) is 0.791. The molecular weight excluding hydrogens is 220 g/mol. The lowest BCUT2D eigenvalue weighted by molar-refractivity contribution is -0.285. The Morgan fingerprint density at radius 3 is 2.17 bits per heavy atom. The summed E-state index contributed by atoms with van der Waals surface area (Å²) in [6.07, 6.45) is 9.99. The van der Waals surface area contributed by atoms with E-state index in [0.717, 1.165) is 47.8 Å². The fourth-order valence-corrected chi connectivity index (χ4v) is 8.04. The van der Waals surface area contributed by atoms with Gasteiger partial charge in [0.2, 0.25) is 0 Å². The fraction of sp³-hybridized carbons (Fsp3) is 1.00. The number of hydrogen-bond acceptors (Lipinski definition) is 1. The highest BCUT2D eigenvalue weighted by Crippen LogP contribution is 2.76. The molecule has 0 amide bonds. The van der Waals surface area contributed by atoms with E-state index in [9.17, 15) is 5.11 Å². The third kappa shape index (κ3) is 0.961. The van der Waals surface area contributed by atoms with Gasteiger partial charge >= 0.3 is 0 Å². The molecule has 100 valence electrons. The third-order valence-electron chi connectivity index (χ3n) is 8.15. The smallest absolute Gasteiger partial charge is 0.0599 e. The molecule has 0 aliphatic heterocycles. The predicted molar refractivity (Wildman–Crippen MR) is 70.9 cm³/mol. The SMILES string of the molecule is CCC(O)C12CC3CC4C5CC(CC41)CC2C5C3. The highest BCUT2D eigenvalue weighted by Gasteiger charge is 2.71. The van der Waals surface area contributed by atoms with Crippen molar-refractivity contribution in [2.45, 2.75) is 58.0 Å². The van der Waals surface area contributed by atoms with E-state index in [-0.39, 0.29) is 6.10 Å². The van der Waals surface area contributed by atoms with Crippen molar-refractivity contribution < 1.29 is 5.11 Å². The first kappa shape index (κ1) is 10.7. The monoisotopic (exact) mass is 246 g/mol. The maximum atomic E-state index is 10.8. The largest absolute Gasteiger partial charge is 0.393 e. The van der Waals surface area contributed by atoms with Crippen LogP contribution in [0.1, 0.15) is 51.9 Å². The van der Waals surface area contributed by atoms with Crippen LogP contribution in [0, 0.1) is 46.8 Å². The summed E-state index contributed by atoms with van der Waals surface area (Å²) in [6, 6.07) is 0. The Kier molecular flexibility index (Phi) is 1.88.